The summed E-state index contributed by atoms with van der Waals surface area (Å²) in [7, 11) is 1.65. The molecule has 1 fully saturated rings. The molecule has 2 aliphatic rings. The van der Waals surface area contributed by atoms with Crippen molar-refractivity contribution in [3.05, 3.63) is 59.2 Å². The second-order valence-electron chi connectivity index (χ2n) is 10.1. The first-order chi connectivity index (χ1) is 15.7. The number of carboxylic acids is 1. The maximum absolute atomic E-state index is 12.2. The van der Waals surface area contributed by atoms with Gasteiger partial charge in [-0.15, -0.1) is 0 Å². The zero-order valence-corrected chi connectivity index (χ0v) is 20.3. The highest BCUT2D eigenvalue weighted by Gasteiger charge is 2.52. The molecule has 0 aliphatic carbocycles. The third-order valence-corrected chi connectivity index (χ3v) is 7.60. The number of methoxy groups -OCH3 is 1. The van der Waals surface area contributed by atoms with Gasteiger partial charge in [-0.25, -0.2) is 0 Å². The first-order valence-electron chi connectivity index (χ1n) is 12.1. The first-order valence-corrected chi connectivity index (χ1v) is 12.1. The average Bonchev–Trinajstić information content (AvgIpc) is 2.81. The van der Waals surface area contributed by atoms with E-state index in [4.69, 9.17) is 14.2 Å². The highest BCUT2D eigenvalue weighted by atomic mass is 16.5. The Morgan fingerprint density at radius 1 is 1.24 bits per heavy atom. The molecule has 2 aromatic carbocycles. The molecule has 178 valence electrons. The SMILES string of the molecule is CC[C@@H](C)c1cccc2c1OC(C)(C)[C@H]1C[C@H](C(=O)O)[C@H](CCc3cccc(OC)c3)O[C@H]21. The summed E-state index contributed by atoms with van der Waals surface area (Å²) < 4.78 is 18.6. The van der Waals surface area contributed by atoms with E-state index in [1.807, 2.05) is 18.2 Å². The van der Waals surface area contributed by atoms with Crippen LogP contribution in [0.5, 0.6) is 11.5 Å². The molecule has 2 heterocycles. The van der Waals surface area contributed by atoms with Gasteiger partial charge in [0.05, 0.1) is 25.2 Å². The molecule has 0 spiro atoms. The van der Waals surface area contributed by atoms with Gasteiger partial charge in [0.15, 0.2) is 0 Å². The number of aryl methyl sites for hydroxylation is 1. The van der Waals surface area contributed by atoms with E-state index in [0.717, 1.165) is 35.5 Å². The third-order valence-electron chi connectivity index (χ3n) is 7.60. The highest BCUT2D eigenvalue weighted by Crippen LogP contribution is 2.54. The molecule has 2 aliphatic heterocycles. The lowest BCUT2D eigenvalue weighted by atomic mass is 9.70. The normalized spacial score (nSPS) is 26.5. The molecule has 0 saturated carbocycles. The van der Waals surface area contributed by atoms with E-state index in [2.05, 4.69) is 52.0 Å². The minimum absolute atomic E-state index is 0.0219. The van der Waals surface area contributed by atoms with Crippen LogP contribution in [0.1, 0.15) is 75.7 Å². The van der Waals surface area contributed by atoms with Gasteiger partial charge < -0.3 is 19.3 Å². The van der Waals surface area contributed by atoms with E-state index < -0.39 is 17.5 Å². The number of para-hydroxylation sites is 1. The second kappa shape index (κ2) is 9.38. The molecular formula is C28H36O5. The van der Waals surface area contributed by atoms with Crippen molar-refractivity contribution in [2.45, 2.75) is 77.1 Å². The lowest BCUT2D eigenvalue weighted by Crippen LogP contribution is -2.52. The van der Waals surface area contributed by atoms with Gasteiger partial charge in [-0.1, -0.05) is 44.2 Å². The Bertz CT molecular complexity index is 998. The zero-order valence-electron chi connectivity index (χ0n) is 20.3. The number of hydrogen-bond acceptors (Lipinski definition) is 4. The Morgan fingerprint density at radius 2 is 2.00 bits per heavy atom. The largest absolute Gasteiger partial charge is 0.497 e. The summed E-state index contributed by atoms with van der Waals surface area (Å²) in [6, 6.07) is 14.3. The van der Waals surface area contributed by atoms with Crippen molar-refractivity contribution in [2.75, 3.05) is 7.11 Å². The van der Waals surface area contributed by atoms with Crippen LogP contribution in [0.25, 0.3) is 0 Å². The quantitative estimate of drug-likeness (QED) is 0.545. The van der Waals surface area contributed by atoms with Crippen LogP contribution in [0.4, 0.5) is 0 Å². The smallest absolute Gasteiger partial charge is 0.309 e. The predicted octanol–water partition coefficient (Wildman–Crippen LogP) is 6.16. The van der Waals surface area contributed by atoms with Crippen molar-refractivity contribution >= 4 is 5.97 Å². The van der Waals surface area contributed by atoms with Gasteiger partial charge in [-0.2, -0.15) is 0 Å². The summed E-state index contributed by atoms with van der Waals surface area (Å²) in [4.78, 5) is 12.2. The fraction of sp³-hybridized carbons (Fsp3) is 0.536. The molecule has 33 heavy (non-hydrogen) atoms. The van der Waals surface area contributed by atoms with Crippen LogP contribution < -0.4 is 9.47 Å². The van der Waals surface area contributed by atoms with Crippen molar-refractivity contribution < 1.29 is 24.1 Å². The van der Waals surface area contributed by atoms with Gasteiger partial charge in [-0.3, -0.25) is 4.79 Å². The van der Waals surface area contributed by atoms with Gasteiger partial charge in [0.2, 0.25) is 0 Å². The van der Waals surface area contributed by atoms with E-state index >= 15 is 0 Å². The van der Waals surface area contributed by atoms with Gasteiger partial charge in [-0.05, 0) is 68.7 Å². The van der Waals surface area contributed by atoms with Gasteiger partial charge in [0.25, 0.3) is 0 Å². The molecule has 1 saturated heterocycles. The summed E-state index contributed by atoms with van der Waals surface area (Å²) in [5.74, 6) is 0.749. The molecule has 0 radical (unpaired) electrons. The molecule has 5 nitrogen and oxygen atoms in total. The monoisotopic (exact) mass is 452 g/mol. The minimum Gasteiger partial charge on any atom is -0.497 e. The first kappa shape index (κ1) is 23.6. The van der Waals surface area contributed by atoms with Gasteiger partial charge in [0.1, 0.15) is 17.1 Å². The van der Waals surface area contributed by atoms with Gasteiger partial charge >= 0.3 is 5.97 Å². The predicted molar refractivity (Wildman–Crippen MR) is 128 cm³/mol. The average molecular weight is 453 g/mol. The fourth-order valence-electron chi connectivity index (χ4n) is 5.39. The van der Waals surface area contributed by atoms with E-state index in [9.17, 15) is 9.90 Å². The summed E-state index contributed by atoms with van der Waals surface area (Å²) in [5, 5.41) is 10.1. The van der Waals surface area contributed by atoms with Crippen LogP contribution in [0.15, 0.2) is 42.5 Å². The molecule has 0 unspecified atom stereocenters. The lowest BCUT2D eigenvalue weighted by molar-refractivity contribution is -0.188. The second-order valence-corrected chi connectivity index (χ2v) is 10.1. The highest BCUT2D eigenvalue weighted by molar-refractivity contribution is 5.71. The van der Waals surface area contributed by atoms with Crippen LogP contribution in [-0.2, 0) is 16.0 Å². The minimum atomic E-state index is -0.793. The van der Waals surface area contributed by atoms with Crippen molar-refractivity contribution in [1.82, 2.24) is 0 Å². The summed E-state index contributed by atoms with van der Waals surface area (Å²) in [6.45, 7) is 8.54. The number of benzene rings is 2. The number of aliphatic carboxylic acids is 1. The zero-order chi connectivity index (χ0) is 23.8. The van der Waals surface area contributed by atoms with Crippen molar-refractivity contribution in [1.29, 1.82) is 0 Å². The fourth-order valence-corrected chi connectivity index (χ4v) is 5.39. The number of rotatable bonds is 7. The number of fused-ring (bicyclic) bond motifs is 3. The standard InChI is InChI=1S/C28H36O5/c1-6-17(2)20-11-8-12-21-25(20)33-28(3,4)23-16-22(27(29)30)24(32-26(21)23)14-13-18-9-7-10-19(15-18)31-5/h7-12,15,17,22-24,26H,6,13-14,16H2,1-5H3,(H,29,30)/t17-,22+,23+,24+,26-/m1/s1. The van der Waals surface area contributed by atoms with Crippen LogP contribution >= 0.6 is 0 Å². The molecule has 4 rings (SSSR count). The summed E-state index contributed by atoms with van der Waals surface area (Å²) in [6.07, 6.45) is 2.43. The molecular weight excluding hydrogens is 416 g/mol. The Hall–Kier alpha value is -2.53. The Labute approximate surface area is 197 Å². The van der Waals surface area contributed by atoms with Crippen LogP contribution in [0.2, 0.25) is 0 Å². The number of carboxylic acid groups (broad SMARTS) is 1. The summed E-state index contributed by atoms with van der Waals surface area (Å²) >= 11 is 0. The third kappa shape index (κ3) is 4.61. The molecule has 0 amide bonds. The van der Waals surface area contributed by atoms with Crippen molar-refractivity contribution in [3.63, 3.8) is 0 Å². The maximum atomic E-state index is 12.2. The van der Waals surface area contributed by atoms with Crippen LogP contribution in [0.3, 0.4) is 0 Å². The number of hydrogen-bond donors (Lipinski definition) is 1. The topological polar surface area (TPSA) is 65.0 Å². The van der Waals surface area contributed by atoms with E-state index in [1.54, 1.807) is 7.11 Å². The molecule has 1 N–H and O–H groups in total. The van der Waals surface area contributed by atoms with Gasteiger partial charge in [0, 0.05) is 11.5 Å². The van der Waals surface area contributed by atoms with E-state index in [0.29, 0.717) is 18.8 Å². The van der Waals surface area contributed by atoms with Crippen molar-refractivity contribution in [2.24, 2.45) is 11.8 Å². The molecule has 0 aromatic heterocycles. The Kier molecular flexibility index (Phi) is 6.71. The molecule has 5 heteroatoms. The van der Waals surface area contributed by atoms with Crippen LogP contribution in [0, 0.1) is 11.8 Å². The van der Waals surface area contributed by atoms with E-state index in [-0.39, 0.29) is 18.1 Å². The maximum Gasteiger partial charge on any atom is 0.309 e. The number of ether oxygens (including phenoxy) is 3. The van der Waals surface area contributed by atoms with Crippen LogP contribution in [-0.4, -0.2) is 29.9 Å². The molecule has 0 bridgehead atoms. The lowest BCUT2D eigenvalue weighted by Gasteiger charge is -2.51. The summed E-state index contributed by atoms with van der Waals surface area (Å²) in [5.41, 5.74) is 2.88. The molecule has 2 aromatic rings. The Morgan fingerprint density at radius 3 is 2.70 bits per heavy atom. The van der Waals surface area contributed by atoms with Crippen molar-refractivity contribution in [3.8, 4) is 11.5 Å². The van der Waals surface area contributed by atoms with E-state index in [1.165, 1.54) is 5.56 Å². The molecule has 5 atom stereocenters. The number of carbonyl (C=O) groups is 1. The Balaban J connectivity index is 1.64.